The van der Waals surface area contributed by atoms with E-state index in [0.717, 1.165) is 18.8 Å². The third-order valence-corrected chi connectivity index (χ3v) is 5.11. The molecule has 0 atom stereocenters. The molecule has 1 aromatic heterocycles. The van der Waals surface area contributed by atoms with Gasteiger partial charge in [0.1, 0.15) is 0 Å². The van der Waals surface area contributed by atoms with E-state index >= 15 is 0 Å². The van der Waals surface area contributed by atoms with E-state index in [-0.39, 0.29) is 5.91 Å². The van der Waals surface area contributed by atoms with Crippen LogP contribution in [-0.4, -0.2) is 47.2 Å². The second kappa shape index (κ2) is 8.31. The van der Waals surface area contributed by atoms with Crippen molar-refractivity contribution in [3.63, 3.8) is 0 Å². The molecule has 1 aliphatic heterocycles. The third kappa shape index (κ3) is 4.54. The first kappa shape index (κ1) is 18.9. The van der Waals surface area contributed by atoms with Crippen molar-refractivity contribution >= 4 is 23.1 Å². The summed E-state index contributed by atoms with van der Waals surface area (Å²) in [5.74, 6) is 0.555. The van der Waals surface area contributed by atoms with Crippen molar-refractivity contribution in [1.29, 1.82) is 0 Å². The number of carbonyl (C=O) groups is 1. The van der Waals surface area contributed by atoms with Crippen LogP contribution < -0.4 is 10.2 Å². The minimum Gasteiger partial charge on any atom is -0.368 e. The summed E-state index contributed by atoms with van der Waals surface area (Å²) in [6, 6.07) is 20.0. The zero-order chi connectivity index (χ0) is 20.2. The largest absolute Gasteiger partial charge is 0.368 e. The molecular formula is C23H25N5O. The number of nitrogens with zero attached hydrogens (tertiary/aromatic N) is 4. The number of rotatable bonds is 4. The number of carbonyl (C=O) groups excluding carboxylic acids is 1. The number of nitrogens with one attached hydrogen (secondary N) is 1. The maximum atomic E-state index is 12.8. The van der Waals surface area contributed by atoms with Crippen molar-refractivity contribution in [3.05, 3.63) is 77.5 Å². The van der Waals surface area contributed by atoms with Gasteiger partial charge in [-0.1, -0.05) is 24.3 Å². The van der Waals surface area contributed by atoms with Crippen LogP contribution in [0.15, 0.2) is 60.7 Å². The number of anilines is 3. The summed E-state index contributed by atoms with van der Waals surface area (Å²) in [7, 11) is 0. The molecule has 6 heteroatoms. The van der Waals surface area contributed by atoms with Crippen LogP contribution in [0.5, 0.6) is 0 Å². The average Bonchev–Trinajstić information content (AvgIpc) is 2.74. The minimum absolute atomic E-state index is 0.0662. The summed E-state index contributed by atoms with van der Waals surface area (Å²) in [5, 5.41) is 11.5. The van der Waals surface area contributed by atoms with Crippen LogP contribution in [0.4, 0.5) is 17.2 Å². The lowest BCUT2D eigenvalue weighted by Crippen LogP contribution is -2.49. The van der Waals surface area contributed by atoms with Gasteiger partial charge in [0.25, 0.3) is 5.91 Å². The summed E-state index contributed by atoms with van der Waals surface area (Å²) in [6.07, 6.45) is 0. The van der Waals surface area contributed by atoms with E-state index in [9.17, 15) is 4.79 Å². The first-order valence-electron chi connectivity index (χ1n) is 9.87. The van der Waals surface area contributed by atoms with E-state index in [1.807, 2.05) is 36.1 Å². The van der Waals surface area contributed by atoms with Gasteiger partial charge < -0.3 is 15.1 Å². The van der Waals surface area contributed by atoms with Gasteiger partial charge in [0, 0.05) is 37.6 Å². The predicted molar refractivity (Wildman–Crippen MR) is 116 cm³/mol. The van der Waals surface area contributed by atoms with Gasteiger partial charge in [-0.2, -0.15) is 0 Å². The number of benzene rings is 2. The fourth-order valence-corrected chi connectivity index (χ4v) is 3.54. The first-order chi connectivity index (χ1) is 14.1. The van der Waals surface area contributed by atoms with Crippen molar-refractivity contribution in [2.75, 3.05) is 36.4 Å². The Labute approximate surface area is 171 Å². The second-order valence-electron chi connectivity index (χ2n) is 7.42. The van der Waals surface area contributed by atoms with Crippen LogP contribution in [-0.2, 0) is 0 Å². The Morgan fingerprint density at radius 3 is 2.24 bits per heavy atom. The molecule has 2 heterocycles. The van der Waals surface area contributed by atoms with Crippen molar-refractivity contribution in [2.45, 2.75) is 13.8 Å². The van der Waals surface area contributed by atoms with Gasteiger partial charge in [0.15, 0.2) is 11.5 Å². The molecule has 0 aliphatic carbocycles. The Hall–Kier alpha value is -3.41. The van der Waals surface area contributed by atoms with Gasteiger partial charge in [-0.05, 0) is 61.4 Å². The van der Waals surface area contributed by atoms with Crippen LogP contribution in [0.2, 0.25) is 0 Å². The molecule has 1 fully saturated rings. The molecule has 0 spiro atoms. The molecule has 0 saturated carbocycles. The van der Waals surface area contributed by atoms with E-state index < -0.39 is 0 Å². The molecule has 1 saturated heterocycles. The van der Waals surface area contributed by atoms with Crippen LogP contribution in [0, 0.1) is 13.8 Å². The fraction of sp³-hybridized carbons (Fsp3) is 0.261. The van der Waals surface area contributed by atoms with Crippen LogP contribution in [0.3, 0.4) is 0 Å². The quantitative estimate of drug-likeness (QED) is 0.738. The standard InChI is InChI=1S/C23H25N5O/c1-17-5-3-7-19(15-17)24-22-10-9-21(25-26-22)23(29)28-13-11-27(12-14-28)20-8-4-6-18(2)16-20/h3-10,15-16H,11-14H2,1-2H3,(H,24,26). The van der Waals surface area contributed by atoms with Crippen molar-refractivity contribution in [3.8, 4) is 0 Å². The van der Waals surface area contributed by atoms with E-state index in [0.29, 0.717) is 24.6 Å². The summed E-state index contributed by atoms with van der Waals surface area (Å²) in [4.78, 5) is 17.0. The van der Waals surface area contributed by atoms with Crippen LogP contribution in [0.1, 0.15) is 21.6 Å². The van der Waals surface area contributed by atoms with Gasteiger partial charge in [0.2, 0.25) is 0 Å². The molecule has 29 heavy (non-hydrogen) atoms. The van der Waals surface area contributed by atoms with Crippen molar-refractivity contribution in [1.82, 2.24) is 15.1 Å². The average molecular weight is 387 g/mol. The fourth-order valence-electron chi connectivity index (χ4n) is 3.54. The number of hydrogen-bond acceptors (Lipinski definition) is 5. The van der Waals surface area contributed by atoms with Crippen molar-refractivity contribution < 1.29 is 4.79 Å². The Kier molecular flexibility index (Phi) is 5.42. The Bertz CT molecular complexity index is 994. The highest BCUT2D eigenvalue weighted by atomic mass is 16.2. The summed E-state index contributed by atoms with van der Waals surface area (Å²) in [5.41, 5.74) is 4.95. The van der Waals surface area contributed by atoms with Gasteiger partial charge in [-0.15, -0.1) is 10.2 Å². The Morgan fingerprint density at radius 1 is 0.862 bits per heavy atom. The molecule has 0 bridgehead atoms. The molecule has 1 N–H and O–H groups in total. The highest BCUT2D eigenvalue weighted by molar-refractivity contribution is 5.92. The van der Waals surface area contributed by atoms with Crippen molar-refractivity contribution in [2.24, 2.45) is 0 Å². The van der Waals surface area contributed by atoms with E-state index in [2.05, 4.69) is 51.6 Å². The number of aromatic nitrogens is 2. The topological polar surface area (TPSA) is 61.4 Å². The molecule has 4 rings (SSSR count). The van der Waals surface area contributed by atoms with Gasteiger partial charge in [-0.3, -0.25) is 4.79 Å². The smallest absolute Gasteiger partial charge is 0.274 e. The number of piperazine rings is 1. The maximum Gasteiger partial charge on any atom is 0.274 e. The molecule has 1 amide bonds. The Balaban J connectivity index is 1.36. The number of aryl methyl sites for hydroxylation is 2. The lowest BCUT2D eigenvalue weighted by molar-refractivity contribution is 0.0739. The zero-order valence-electron chi connectivity index (χ0n) is 16.8. The molecular weight excluding hydrogens is 362 g/mol. The van der Waals surface area contributed by atoms with Gasteiger partial charge >= 0.3 is 0 Å². The lowest BCUT2D eigenvalue weighted by atomic mass is 10.2. The Morgan fingerprint density at radius 2 is 1.59 bits per heavy atom. The third-order valence-electron chi connectivity index (χ3n) is 5.11. The van der Waals surface area contributed by atoms with Crippen LogP contribution >= 0.6 is 0 Å². The highest BCUT2D eigenvalue weighted by Gasteiger charge is 2.23. The van der Waals surface area contributed by atoms with E-state index in [1.54, 1.807) is 12.1 Å². The molecule has 3 aromatic rings. The van der Waals surface area contributed by atoms with Gasteiger partial charge in [0.05, 0.1) is 0 Å². The van der Waals surface area contributed by atoms with E-state index in [4.69, 9.17) is 0 Å². The number of amides is 1. The molecule has 0 unspecified atom stereocenters. The monoisotopic (exact) mass is 387 g/mol. The second-order valence-corrected chi connectivity index (χ2v) is 7.42. The summed E-state index contributed by atoms with van der Waals surface area (Å²) in [6.45, 7) is 7.12. The van der Waals surface area contributed by atoms with Crippen LogP contribution in [0.25, 0.3) is 0 Å². The molecule has 2 aromatic carbocycles. The molecule has 1 aliphatic rings. The van der Waals surface area contributed by atoms with E-state index in [1.165, 1.54) is 16.8 Å². The highest BCUT2D eigenvalue weighted by Crippen LogP contribution is 2.19. The molecule has 148 valence electrons. The summed E-state index contributed by atoms with van der Waals surface area (Å²) >= 11 is 0. The predicted octanol–water partition coefficient (Wildman–Crippen LogP) is 3.80. The first-order valence-corrected chi connectivity index (χ1v) is 9.87. The summed E-state index contributed by atoms with van der Waals surface area (Å²) < 4.78 is 0. The zero-order valence-corrected chi connectivity index (χ0v) is 16.8. The maximum absolute atomic E-state index is 12.8. The SMILES string of the molecule is Cc1cccc(Nc2ccc(C(=O)N3CCN(c4cccc(C)c4)CC3)nn2)c1. The molecule has 0 radical (unpaired) electrons. The minimum atomic E-state index is -0.0662. The number of hydrogen-bond donors (Lipinski definition) is 1. The molecule has 6 nitrogen and oxygen atoms in total. The van der Waals surface area contributed by atoms with Gasteiger partial charge in [-0.25, -0.2) is 0 Å². The lowest BCUT2D eigenvalue weighted by Gasteiger charge is -2.36. The normalized spacial score (nSPS) is 14.0.